The molecule has 0 heterocycles. The van der Waals surface area contributed by atoms with E-state index in [1.165, 1.54) is 24.4 Å². The van der Waals surface area contributed by atoms with Gasteiger partial charge in [0.15, 0.2) is 0 Å². The molecule has 0 rings (SSSR count). The molecule has 0 aliphatic rings. The van der Waals surface area contributed by atoms with Crippen molar-refractivity contribution in [2.24, 2.45) is 5.92 Å². The summed E-state index contributed by atoms with van der Waals surface area (Å²) < 4.78 is 7.11. The van der Waals surface area contributed by atoms with Crippen molar-refractivity contribution in [1.29, 1.82) is 0 Å². The Labute approximate surface area is 85.1 Å². The molecule has 1 atom stereocenters. The van der Waals surface area contributed by atoms with Gasteiger partial charge >= 0.3 is 85.1 Å². The van der Waals surface area contributed by atoms with Gasteiger partial charge in [0.25, 0.3) is 0 Å². The van der Waals surface area contributed by atoms with Crippen molar-refractivity contribution < 1.29 is 9.53 Å². The van der Waals surface area contributed by atoms with Gasteiger partial charge < -0.3 is 0 Å². The molecule has 0 fully saturated rings. The van der Waals surface area contributed by atoms with Gasteiger partial charge in [-0.25, -0.2) is 0 Å². The Balaban J connectivity index is 3.31. The number of unbranched alkanes of at least 4 members (excludes halogenated alkanes) is 1. The van der Waals surface area contributed by atoms with Gasteiger partial charge in [0.2, 0.25) is 0 Å². The van der Waals surface area contributed by atoms with E-state index in [9.17, 15) is 4.79 Å². The molecule has 0 saturated carbocycles. The zero-order valence-electron chi connectivity index (χ0n) is 8.13. The van der Waals surface area contributed by atoms with Gasteiger partial charge in [-0.15, -0.1) is 0 Å². The van der Waals surface area contributed by atoms with Crippen LogP contribution in [0.2, 0.25) is 8.94 Å². The maximum absolute atomic E-state index is 11.0. The Morgan fingerprint density at radius 1 is 1.58 bits per heavy atom. The minimum absolute atomic E-state index is 0.0448. The van der Waals surface area contributed by atoms with Crippen molar-refractivity contribution in [2.75, 3.05) is 7.11 Å². The fourth-order valence-electron chi connectivity index (χ4n) is 0.776. The van der Waals surface area contributed by atoms with Crippen LogP contribution in [0.25, 0.3) is 0 Å². The SMILES string of the molecule is CCCC[Te]CC(C)C(=O)OC. The number of carbonyl (C=O) groups excluding carboxylic acids is 1. The standard InChI is InChI=1S/C9H18O2Te/c1-4-5-6-12-7-8(2)9(10)11-3/h8H,4-7H2,1-3H3. The number of esters is 1. The molecule has 0 radical (unpaired) electrons. The predicted molar refractivity (Wildman–Crippen MR) is 51.5 cm³/mol. The third-order valence-electron chi connectivity index (χ3n) is 1.61. The number of ether oxygens (including phenoxy) is 1. The van der Waals surface area contributed by atoms with Crippen molar-refractivity contribution in [1.82, 2.24) is 0 Å². The molecular formula is C9H18O2Te. The summed E-state index contributed by atoms with van der Waals surface area (Å²) in [5.41, 5.74) is 0. The predicted octanol–water partition coefficient (Wildman–Crippen LogP) is 2.14. The Kier molecular flexibility index (Phi) is 8.06. The van der Waals surface area contributed by atoms with E-state index in [-0.39, 0.29) is 32.8 Å². The summed E-state index contributed by atoms with van der Waals surface area (Å²) in [4.78, 5) is 11.0. The van der Waals surface area contributed by atoms with Crippen LogP contribution in [0, 0.1) is 5.92 Å². The van der Waals surface area contributed by atoms with Crippen molar-refractivity contribution in [2.45, 2.75) is 35.6 Å². The third kappa shape index (κ3) is 5.85. The number of hydrogen-bond donors (Lipinski definition) is 0. The molecule has 0 spiro atoms. The molecule has 0 saturated heterocycles. The van der Waals surface area contributed by atoms with E-state index in [2.05, 4.69) is 11.7 Å². The fraction of sp³-hybridized carbons (Fsp3) is 0.889. The van der Waals surface area contributed by atoms with E-state index in [4.69, 9.17) is 0 Å². The van der Waals surface area contributed by atoms with Crippen LogP contribution >= 0.6 is 0 Å². The number of carbonyl (C=O) groups is 1. The molecule has 0 bridgehead atoms. The summed E-state index contributed by atoms with van der Waals surface area (Å²) in [6.45, 7) is 4.17. The van der Waals surface area contributed by atoms with E-state index in [0.717, 1.165) is 4.47 Å². The first-order valence-corrected chi connectivity index (χ1v) is 7.67. The Morgan fingerprint density at radius 3 is 2.75 bits per heavy atom. The first-order valence-electron chi connectivity index (χ1n) is 4.38. The summed E-state index contributed by atoms with van der Waals surface area (Å²) >= 11 is 0.0731. The molecule has 2 nitrogen and oxygen atoms in total. The summed E-state index contributed by atoms with van der Waals surface area (Å²) in [7, 11) is 1.46. The number of methoxy groups -OCH3 is 1. The molecule has 0 aliphatic heterocycles. The van der Waals surface area contributed by atoms with Gasteiger partial charge in [-0.1, -0.05) is 0 Å². The molecule has 72 valence electrons. The number of rotatable bonds is 6. The summed E-state index contributed by atoms with van der Waals surface area (Å²) in [6.07, 6.45) is 2.60. The van der Waals surface area contributed by atoms with E-state index in [1.54, 1.807) is 0 Å². The van der Waals surface area contributed by atoms with Gasteiger partial charge in [0.1, 0.15) is 0 Å². The molecular weight excluding hydrogens is 268 g/mol. The van der Waals surface area contributed by atoms with Crippen LogP contribution < -0.4 is 0 Å². The zero-order valence-corrected chi connectivity index (χ0v) is 10.5. The first kappa shape index (κ1) is 12.3. The van der Waals surface area contributed by atoms with E-state index < -0.39 is 0 Å². The van der Waals surface area contributed by atoms with Crippen molar-refractivity contribution in [3.8, 4) is 0 Å². The van der Waals surface area contributed by atoms with Gasteiger partial charge in [-0.3, -0.25) is 0 Å². The third-order valence-corrected chi connectivity index (χ3v) is 5.36. The molecule has 0 aromatic rings. The monoisotopic (exact) mass is 288 g/mol. The van der Waals surface area contributed by atoms with Crippen molar-refractivity contribution in [3.63, 3.8) is 0 Å². The van der Waals surface area contributed by atoms with Crippen molar-refractivity contribution >= 4 is 26.9 Å². The topological polar surface area (TPSA) is 26.3 Å². The molecule has 0 aromatic heterocycles. The van der Waals surface area contributed by atoms with Gasteiger partial charge in [0, 0.05) is 0 Å². The summed E-state index contributed by atoms with van der Waals surface area (Å²) in [6, 6.07) is 0. The molecule has 1 unspecified atom stereocenters. The van der Waals surface area contributed by atoms with Crippen LogP contribution in [0.15, 0.2) is 0 Å². The Hall–Kier alpha value is 0.260. The van der Waals surface area contributed by atoms with E-state index in [0.29, 0.717) is 0 Å². The van der Waals surface area contributed by atoms with E-state index in [1.807, 2.05) is 6.92 Å². The Bertz CT molecular complexity index is 126. The van der Waals surface area contributed by atoms with Crippen LogP contribution in [0.3, 0.4) is 0 Å². The quantitative estimate of drug-likeness (QED) is 0.425. The second-order valence-electron chi connectivity index (χ2n) is 2.85. The molecule has 0 aliphatic carbocycles. The van der Waals surface area contributed by atoms with Crippen molar-refractivity contribution in [3.05, 3.63) is 0 Å². The molecule has 0 N–H and O–H groups in total. The molecule has 3 heteroatoms. The maximum atomic E-state index is 11.0. The number of hydrogen-bond acceptors (Lipinski definition) is 2. The Morgan fingerprint density at radius 2 is 2.25 bits per heavy atom. The summed E-state index contributed by atoms with van der Waals surface area (Å²) in [5.74, 6) is 0.0888. The van der Waals surface area contributed by atoms with Crippen LogP contribution in [0.5, 0.6) is 0 Å². The van der Waals surface area contributed by atoms with Gasteiger partial charge in [0.05, 0.1) is 0 Å². The van der Waals surface area contributed by atoms with Gasteiger partial charge in [-0.2, -0.15) is 0 Å². The van der Waals surface area contributed by atoms with E-state index >= 15 is 0 Å². The molecule has 0 amide bonds. The first-order chi connectivity index (χ1) is 5.72. The second kappa shape index (κ2) is 7.89. The average Bonchev–Trinajstić information content (AvgIpc) is 2.10. The van der Waals surface area contributed by atoms with Crippen LogP contribution in [0.4, 0.5) is 0 Å². The van der Waals surface area contributed by atoms with Gasteiger partial charge in [-0.05, 0) is 0 Å². The molecule has 12 heavy (non-hydrogen) atoms. The van der Waals surface area contributed by atoms with Crippen LogP contribution in [-0.2, 0) is 9.53 Å². The average molecular weight is 286 g/mol. The second-order valence-corrected chi connectivity index (χ2v) is 6.13. The zero-order chi connectivity index (χ0) is 9.40. The van der Waals surface area contributed by atoms with Crippen LogP contribution in [0.1, 0.15) is 26.7 Å². The molecule has 0 aromatic carbocycles. The summed E-state index contributed by atoms with van der Waals surface area (Å²) in [5, 5.41) is 0. The van der Waals surface area contributed by atoms with Crippen LogP contribution in [-0.4, -0.2) is 34.0 Å². The fourth-order valence-corrected chi connectivity index (χ4v) is 4.06. The minimum atomic E-state index is -0.0448. The normalized spacial score (nSPS) is 12.6.